The van der Waals surface area contributed by atoms with Crippen molar-refractivity contribution in [1.29, 1.82) is 0 Å². The van der Waals surface area contributed by atoms with Crippen LogP contribution in [0.2, 0.25) is 5.02 Å². The van der Waals surface area contributed by atoms with Gasteiger partial charge in [0.25, 0.3) is 0 Å². The first-order valence-electron chi connectivity index (χ1n) is 5.49. The Morgan fingerprint density at radius 2 is 1.89 bits per heavy atom. The standard InChI is InChI=1S/C14H10ClFO2S/c15-12-6-1-2-7-14(12)19(18)9-13(17)10-4-3-5-11(16)8-10/h1-8H,9H2. The van der Waals surface area contributed by atoms with Crippen LogP contribution in [0.1, 0.15) is 10.4 Å². The molecule has 0 N–H and O–H groups in total. The zero-order valence-corrected chi connectivity index (χ0v) is 11.4. The molecule has 0 heterocycles. The van der Waals surface area contributed by atoms with E-state index in [1.807, 2.05) is 0 Å². The van der Waals surface area contributed by atoms with Crippen LogP contribution in [0.4, 0.5) is 4.39 Å². The summed E-state index contributed by atoms with van der Waals surface area (Å²) >= 11 is 5.91. The molecule has 0 saturated carbocycles. The van der Waals surface area contributed by atoms with Gasteiger partial charge in [-0.1, -0.05) is 35.9 Å². The predicted molar refractivity (Wildman–Crippen MR) is 73.5 cm³/mol. The van der Waals surface area contributed by atoms with Crippen molar-refractivity contribution in [3.05, 3.63) is 64.9 Å². The molecule has 0 bridgehead atoms. The zero-order valence-electron chi connectivity index (χ0n) is 9.81. The fraction of sp³-hybridized carbons (Fsp3) is 0.0714. The Labute approximate surface area is 117 Å². The van der Waals surface area contributed by atoms with Crippen molar-refractivity contribution < 1.29 is 13.4 Å². The molecule has 0 aliphatic heterocycles. The Hall–Kier alpha value is -1.52. The van der Waals surface area contributed by atoms with Crippen LogP contribution in [0, 0.1) is 5.82 Å². The quantitative estimate of drug-likeness (QED) is 0.810. The maximum Gasteiger partial charge on any atom is 0.175 e. The van der Waals surface area contributed by atoms with E-state index in [1.54, 1.807) is 24.3 Å². The lowest BCUT2D eigenvalue weighted by Gasteiger charge is -2.04. The van der Waals surface area contributed by atoms with Crippen molar-refractivity contribution in [2.45, 2.75) is 4.90 Å². The molecule has 1 atom stereocenters. The van der Waals surface area contributed by atoms with Crippen LogP contribution in [-0.2, 0) is 10.8 Å². The van der Waals surface area contributed by atoms with Gasteiger partial charge >= 0.3 is 0 Å². The predicted octanol–water partition coefficient (Wildman–Crippen LogP) is 3.47. The van der Waals surface area contributed by atoms with E-state index in [4.69, 9.17) is 11.6 Å². The molecule has 0 aliphatic carbocycles. The minimum Gasteiger partial charge on any atom is -0.293 e. The number of halogens is 2. The Balaban J connectivity index is 2.16. The van der Waals surface area contributed by atoms with Crippen LogP contribution in [-0.4, -0.2) is 15.7 Å². The summed E-state index contributed by atoms with van der Waals surface area (Å²) in [6, 6.07) is 12.0. The summed E-state index contributed by atoms with van der Waals surface area (Å²) in [7, 11) is -1.54. The van der Waals surface area contributed by atoms with Gasteiger partial charge in [-0.15, -0.1) is 0 Å². The second-order valence-electron chi connectivity index (χ2n) is 3.85. The molecule has 0 spiro atoms. The van der Waals surface area contributed by atoms with Gasteiger partial charge in [-0.3, -0.25) is 9.00 Å². The topological polar surface area (TPSA) is 34.1 Å². The van der Waals surface area contributed by atoms with Crippen molar-refractivity contribution in [3.63, 3.8) is 0 Å². The average molecular weight is 297 g/mol. The van der Waals surface area contributed by atoms with E-state index in [0.29, 0.717) is 9.92 Å². The number of Topliss-reactive ketones (excluding diaryl/α,β-unsaturated/α-hetero) is 1. The lowest BCUT2D eigenvalue weighted by atomic mass is 10.1. The van der Waals surface area contributed by atoms with Gasteiger partial charge in [-0.2, -0.15) is 0 Å². The van der Waals surface area contributed by atoms with E-state index >= 15 is 0 Å². The molecule has 5 heteroatoms. The van der Waals surface area contributed by atoms with Gasteiger partial charge in [-0.25, -0.2) is 4.39 Å². The Bertz CT molecular complexity index is 643. The van der Waals surface area contributed by atoms with Gasteiger partial charge in [0, 0.05) is 5.56 Å². The van der Waals surface area contributed by atoms with Gasteiger partial charge < -0.3 is 0 Å². The highest BCUT2D eigenvalue weighted by Gasteiger charge is 2.14. The third-order valence-corrected chi connectivity index (χ3v) is 4.30. The highest BCUT2D eigenvalue weighted by molar-refractivity contribution is 7.86. The molecule has 98 valence electrons. The van der Waals surface area contributed by atoms with Crippen molar-refractivity contribution in [2.75, 3.05) is 5.75 Å². The normalized spacial score (nSPS) is 12.1. The van der Waals surface area contributed by atoms with E-state index in [1.165, 1.54) is 18.2 Å². The number of ketones is 1. The first kappa shape index (κ1) is 13.9. The molecule has 0 aromatic heterocycles. The lowest BCUT2D eigenvalue weighted by Crippen LogP contribution is -2.11. The fourth-order valence-electron chi connectivity index (χ4n) is 1.57. The number of benzene rings is 2. The molecule has 0 fully saturated rings. The van der Waals surface area contributed by atoms with Gasteiger partial charge in [0.05, 0.1) is 26.5 Å². The average Bonchev–Trinajstić information content (AvgIpc) is 2.39. The van der Waals surface area contributed by atoms with Crippen molar-refractivity contribution in [3.8, 4) is 0 Å². The molecule has 0 saturated heterocycles. The monoisotopic (exact) mass is 296 g/mol. The number of hydrogen-bond donors (Lipinski definition) is 0. The van der Waals surface area contributed by atoms with Crippen LogP contribution in [0.3, 0.4) is 0 Å². The van der Waals surface area contributed by atoms with Crippen molar-refractivity contribution in [2.24, 2.45) is 0 Å². The van der Waals surface area contributed by atoms with E-state index in [0.717, 1.165) is 6.07 Å². The molecular weight excluding hydrogens is 287 g/mol. The van der Waals surface area contributed by atoms with Gasteiger partial charge in [0.1, 0.15) is 5.82 Å². The Morgan fingerprint density at radius 1 is 1.16 bits per heavy atom. The largest absolute Gasteiger partial charge is 0.293 e. The van der Waals surface area contributed by atoms with Gasteiger partial charge in [-0.05, 0) is 24.3 Å². The highest BCUT2D eigenvalue weighted by Crippen LogP contribution is 2.19. The maximum atomic E-state index is 13.0. The molecule has 1 unspecified atom stereocenters. The molecule has 0 amide bonds. The second-order valence-corrected chi connectivity index (χ2v) is 5.68. The summed E-state index contributed by atoms with van der Waals surface area (Å²) in [5.74, 6) is -1.08. The third-order valence-electron chi connectivity index (χ3n) is 2.49. The van der Waals surface area contributed by atoms with Gasteiger partial charge in [0.2, 0.25) is 0 Å². The van der Waals surface area contributed by atoms with Crippen molar-refractivity contribution in [1.82, 2.24) is 0 Å². The molecule has 0 radical (unpaired) electrons. The molecule has 2 aromatic carbocycles. The van der Waals surface area contributed by atoms with E-state index in [2.05, 4.69) is 0 Å². The summed E-state index contributed by atoms with van der Waals surface area (Å²) in [5.41, 5.74) is 0.209. The summed E-state index contributed by atoms with van der Waals surface area (Å²) < 4.78 is 25.0. The van der Waals surface area contributed by atoms with E-state index in [-0.39, 0.29) is 17.1 Å². The van der Waals surface area contributed by atoms with Gasteiger partial charge in [0.15, 0.2) is 5.78 Å². The first-order valence-corrected chi connectivity index (χ1v) is 7.19. The zero-order chi connectivity index (χ0) is 13.8. The smallest absolute Gasteiger partial charge is 0.175 e. The minimum absolute atomic E-state index is 0.209. The number of hydrogen-bond acceptors (Lipinski definition) is 2. The number of carbonyl (C=O) groups is 1. The molecule has 0 aliphatic rings. The van der Waals surface area contributed by atoms with E-state index < -0.39 is 16.6 Å². The first-order chi connectivity index (χ1) is 9.08. The van der Waals surface area contributed by atoms with Crippen LogP contribution in [0.25, 0.3) is 0 Å². The molecule has 2 rings (SSSR count). The minimum atomic E-state index is -1.54. The van der Waals surface area contributed by atoms with Crippen LogP contribution in [0.5, 0.6) is 0 Å². The maximum absolute atomic E-state index is 13.0. The molecule has 2 nitrogen and oxygen atoms in total. The lowest BCUT2D eigenvalue weighted by molar-refractivity contribution is 0.102. The molecule has 2 aromatic rings. The summed E-state index contributed by atoms with van der Waals surface area (Å²) in [5, 5.41) is 0.355. The number of carbonyl (C=O) groups excluding carboxylic acids is 1. The third kappa shape index (κ3) is 3.49. The Morgan fingerprint density at radius 3 is 2.58 bits per heavy atom. The summed E-state index contributed by atoms with van der Waals surface area (Å²) in [4.78, 5) is 12.3. The van der Waals surface area contributed by atoms with E-state index in [9.17, 15) is 13.4 Å². The fourth-order valence-corrected chi connectivity index (χ4v) is 3.04. The second kappa shape index (κ2) is 6.08. The number of rotatable bonds is 4. The summed E-state index contributed by atoms with van der Waals surface area (Å²) in [6.45, 7) is 0. The van der Waals surface area contributed by atoms with Crippen LogP contribution < -0.4 is 0 Å². The Kier molecular flexibility index (Phi) is 4.45. The highest BCUT2D eigenvalue weighted by atomic mass is 35.5. The van der Waals surface area contributed by atoms with Crippen LogP contribution in [0.15, 0.2) is 53.4 Å². The summed E-state index contributed by atoms with van der Waals surface area (Å²) in [6.07, 6.45) is 0. The van der Waals surface area contributed by atoms with Crippen LogP contribution >= 0.6 is 11.6 Å². The molecular formula is C14H10ClFO2S. The van der Waals surface area contributed by atoms with Crippen molar-refractivity contribution >= 4 is 28.2 Å². The molecule has 19 heavy (non-hydrogen) atoms. The SMILES string of the molecule is O=C(CS(=O)c1ccccc1Cl)c1cccc(F)c1.